The van der Waals surface area contributed by atoms with E-state index >= 15 is 0 Å². The van der Waals surface area contributed by atoms with Crippen molar-refractivity contribution in [3.05, 3.63) is 28.8 Å². The molecule has 1 aromatic rings. The Hall–Kier alpha value is -0.980. The molecule has 0 saturated heterocycles. The fourth-order valence-corrected chi connectivity index (χ4v) is 2.23. The van der Waals surface area contributed by atoms with Gasteiger partial charge in [-0.15, -0.1) is 0 Å². The number of aromatic hydroxyl groups is 1. The summed E-state index contributed by atoms with van der Waals surface area (Å²) in [6.07, 6.45) is 6.92. The minimum atomic E-state index is 0.491. The van der Waals surface area contributed by atoms with Crippen molar-refractivity contribution in [3.63, 3.8) is 0 Å². The third-order valence-electron chi connectivity index (χ3n) is 3.17. The van der Waals surface area contributed by atoms with Crippen molar-refractivity contribution in [1.29, 1.82) is 0 Å². The molecule has 1 rings (SSSR count). The Labute approximate surface area is 99.5 Å². The zero-order chi connectivity index (χ0) is 12.0. The fraction of sp³-hybridized carbons (Fsp3) is 0.600. The van der Waals surface area contributed by atoms with E-state index in [0.29, 0.717) is 5.75 Å². The molecule has 90 valence electrons. The van der Waals surface area contributed by atoms with Crippen molar-refractivity contribution in [1.82, 2.24) is 0 Å². The maximum atomic E-state index is 9.94. The van der Waals surface area contributed by atoms with E-state index in [9.17, 15) is 5.11 Å². The maximum Gasteiger partial charge on any atom is 0.119 e. The van der Waals surface area contributed by atoms with Crippen molar-refractivity contribution in [2.75, 3.05) is 0 Å². The smallest absolute Gasteiger partial charge is 0.119 e. The summed E-state index contributed by atoms with van der Waals surface area (Å²) in [7, 11) is 0. The van der Waals surface area contributed by atoms with Gasteiger partial charge >= 0.3 is 0 Å². The summed E-state index contributed by atoms with van der Waals surface area (Å²) < 4.78 is 0. The van der Waals surface area contributed by atoms with Crippen LogP contribution in [0.4, 0.5) is 0 Å². The van der Waals surface area contributed by atoms with E-state index in [1.165, 1.54) is 36.0 Å². The molecule has 0 heterocycles. The first-order valence-electron chi connectivity index (χ1n) is 6.51. The zero-order valence-corrected chi connectivity index (χ0v) is 10.8. The van der Waals surface area contributed by atoms with Gasteiger partial charge in [0, 0.05) is 0 Å². The van der Waals surface area contributed by atoms with Crippen LogP contribution in [0.1, 0.15) is 56.2 Å². The van der Waals surface area contributed by atoms with E-state index in [2.05, 4.69) is 20.8 Å². The first-order chi connectivity index (χ1) is 7.70. The van der Waals surface area contributed by atoms with Crippen LogP contribution in [-0.2, 0) is 12.8 Å². The van der Waals surface area contributed by atoms with Gasteiger partial charge in [-0.1, -0.05) is 39.2 Å². The maximum absolute atomic E-state index is 9.94. The molecule has 0 saturated carbocycles. The van der Waals surface area contributed by atoms with Gasteiger partial charge in [-0.2, -0.15) is 0 Å². The Bertz CT molecular complexity index is 328. The van der Waals surface area contributed by atoms with Crippen LogP contribution in [0.3, 0.4) is 0 Å². The number of rotatable bonds is 6. The minimum Gasteiger partial charge on any atom is -0.508 e. The van der Waals surface area contributed by atoms with Gasteiger partial charge in [0.1, 0.15) is 5.75 Å². The van der Waals surface area contributed by atoms with Crippen LogP contribution in [0, 0.1) is 6.92 Å². The average Bonchev–Trinajstić information content (AvgIpc) is 2.27. The van der Waals surface area contributed by atoms with Gasteiger partial charge < -0.3 is 5.11 Å². The number of phenolic OH excluding ortho intramolecular Hbond substituents is 1. The molecule has 0 aliphatic heterocycles. The lowest BCUT2D eigenvalue weighted by Gasteiger charge is -2.13. The highest BCUT2D eigenvalue weighted by atomic mass is 16.3. The van der Waals surface area contributed by atoms with Gasteiger partial charge in [-0.3, -0.25) is 0 Å². The second kappa shape index (κ2) is 6.57. The van der Waals surface area contributed by atoms with E-state index in [1.807, 2.05) is 12.1 Å². The topological polar surface area (TPSA) is 20.2 Å². The number of hydrogen-bond donors (Lipinski definition) is 1. The third kappa shape index (κ3) is 3.26. The van der Waals surface area contributed by atoms with Gasteiger partial charge in [0.05, 0.1) is 0 Å². The van der Waals surface area contributed by atoms with Crippen molar-refractivity contribution >= 4 is 0 Å². The highest BCUT2D eigenvalue weighted by Crippen LogP contribution is 2.27. The Morgan fingerprint density at radius 1 is 0.938 bits per heavy atom. The average molecular weight is 220 g/mol. The summed E-state index contributed by atoms with van der Waals surface area (Å²) in [5.74, 6) is 0.491. The Morgan fingerprint density at radius 2 is 1.69 bits per heavy atom. The monoisotopic (exact) mass is 220 g/mol. The quantitative estimate of drug-likeness (QED) is 0.705. The lowest BCUT2D eigenvalue weighted by Crippen LogP contribution is -1.98. The van der Waals surface area contributed by atoms with Crippen LogP contribution in [0.2, 0.25) is 0 Å². The SMILES string of the molecule is CCCCCc1c(O)ccc(C)c1CCC. The standard InChI is InChI=1S/C15H24O/c1-4-6-7-9-14-13(8-5-2)12(3)10-11-15(14)16/h10-11,16H,4-9H2,1-3H3. The van der Waals surface area contributed by atoms with Crippen LogP contribution in [0.5, 0.6) is 5.75 Å². The predicted molar refractivity (Wildman–Crippen MR) is 70.1 cm³/mol. The second-order valence-electron chi connectivity index (χ2n) is 4.57. The van der Waals surface area contributed by atoms with Gasteiger partial charge in [-0.05, 0) is 48.9 Å². The molecule has 16 heavy (non-hydrogen) atoms. The van der Waals surface area contributed by atoms with E-state index in [-0.39, 0.29) is 0 Å². The summed E-state index contributed by atoms with van der Waals surface area (Å²) in [4.78, 5) is 0. The second-order valence-corrected chi connectivity index (χ2v) is 4.57. The fourth-order valence-electron chi connectivity index (χ4n) is 2.23. The molecule has 1 nitrogen and oxygen atoms in total. The van der Waals surface area contributed by atoms with Gasteiger partial charge in [0.25, 0.3) is 0 Å². The van der Waals surface area contributed by atoms with Crippen molar-refractivity contribution in [3.8, 4) is 5.75 Å². The van der Waals surface area contributed by atoms with Crippen LogP contribution < -0.4 is 0 Å². The van der Waals surface area contributed by atoms with Gasteiger partial charge in [0.15, 0.2) is 0 Å². The number of unbranched alkanes of at least 4 members (excludes halogenated alkanes) is 2. The Kier molecular flexibility index (Phi) is 5.37. The molecule has 0 bridgehead atoms. The van der Waals surface area contributed by atoms with Crippen LogP contribution in [0.25, 0.3) is 0 Å². The highest BCUT2D eigenvalue weighted by molar-refractivity contribution is 5.44. The Morgan fingerprint density at radius 3 is 2.31 bits per heavy atom. The summed E-state index contributed by atoms with van der Waals surface area (Å²) in [6.45, 7) is 6.55. The molecule has 0 aliphatic carbocycles. The minimum absolute atomic E-state index is 0.491. The van der Waals surface area contributed by atoms with Crippen LogP contribution in [0.15, 0.2) is 12.1 Å². The summed E-state index contributed by atoms with van der Waals surface area (Å²) in [6, 6.07) is 3.87. The van der Waals surface area contributed by atoms with Crippen molar-refractivity contribution in [2.45, 2.75) is 59.3 Å². The first kappa shape index (κ1) is 13.1. The van der Waals surface area contributed by atoms with Gasteiger partial charge in [0.2, 0.25) is 0 Å². The molecule has 1 N–H and O–H groups in total. The molecule has 0 fully saturated rings. The molecule has 0 amide bonds. The molecule has 0 aliphatic rings. The van der Waals surface area contributed by atoms with E-state index in [4.69, 9.17) is 0 Å². The van der Waals surface area contributed by atoms with E-state index in [0.717, 1.165) is 19.3 Å². The molecular weight excluding hydrogens is 196 g/mol. The van der Waals surface area contributed by atoms with E-state index in [1.54, 1.807) is 0 Å². The molecular formula is C15H24O. The summed E-state index contributed by atoms with van der Waals surface area (Å²) >= 11 is 0. The summed E-state index contributed by atoms with van der Waals surface area (Å²) in [5, 5.41) is 9.94. The van der Waals surface area contributed by atoms with E-state index < -0.39 is 0 Å². The Balaban J connectivity index is 2.89. The third-order valence-corrected chi connectivity index (χ3v) is 3.17. The van der Waals surface area contributed by atoms with Crippen molar-refractivity contribution < 1.29 is 5.11 Å². The normalized spacial score (nSPS) is 10.7. The predicted octanol–water partition coefficient (Wildman–Crippen LogP) is 4.39. The number of benzene rings is 1. The highest BCUT2D eigenvalue weighted by Gasteiger charge is 2.09. The number of phenols is 1. The zero-order valence-electron chi connectivity index (χ0n) is 10.8. The molecule has 1 heteroatoms. The lowest BCUT2D eigenvalue weighted by atomic mass is 9.93. The molecule has 0 aromatic heterocycles. The van der Waals surface area contributed by atoms with Crippen molar-refractivity contribution in [2.24, 2.45) is 0 Å². The molecule has 0 spiro atoms. The number of aryl methyl sites for hydroxylation is 1. The number of hydrogen-bond acceptors (Lipinski definition) is 1. The first-order valence-corrected chi connectivity index (χ1v) is 6.51. The molecule has 0 atom stereocenters. The summed E-state index contributed by atoms with van der Waals surface area (Å²) in [5.41, 5.74) is 3.89. The largest absolute Gasteiger partial charge is 0.508 e. The molecule has 0 radical (unpaired) electrons. The van der Waals surface area contributed by atoms with Gasteiger partial charge in [-0.25, -0.2) is 0 Å². The molecule has 0 unspecified atom stereocenters. The lowest BCUT2D eigenvalue weighted by molar-refractivity contribution is 0.465. The van der Waals surface area contributed by atoms with Crippen LogP contribution >= 0.6 is 0 Å². The molecule has 1 aromatic carbocycles. The van der Waals surface area contributed by atoms with Crippen LogP contribution in [-0.4, -0.2) is 5.11 Å².